The van der Waals surface area contributed by atoms with Gasteiger partial charge in [0.1, 0.15) is 11.6 Å². The Balaban J connectivity index is 1.12. The molecular weight excluding hydrogens is 522 g/mol. The summed E-state index contributed by atoms with van der Waals surface area (Å²) < 4.78 is 17.3. The fourth-order valence-corrected chi connectivity index (χ4v) is 4.97. The molecule has 1 aliphatic rings. The number of likely N-dealkylation sites (tertiary alicyclic amines) is 1. The molecule has 2 unspecified atom stereocenters. The number of carbonyl (C=O) groups excluding carboxylic acids is 1. The number of aromatic nitrogens is 1. The number of nitrogens with zero attached hydrogens (tertiary/aromatic N) is 2. The van der Waals surface area contributed by atoms with Crippen LogP contribution in [0.4, 0.5) is 15.4 Å². The molecule has 1 saturated heterocycles. The Morgan fingerprint density at radius 2 is 1.76 bits per heavy atom. The van der Waals surface area contributed by atoms with Gasteiger partial charge in [0.25, 0.3) is 0 Å². The van der Waals surface area contributed by atoms with Crippen LogP contribution in [-0.2, 0) is 16.1 Å². The van der Waals surface area contributed by atoms with Crippen molar-refractivity contribution in [3.63, 3.8) is 0 Å². The summed E-state index contributed by atoms with van der Waals surface area (Å²) in [7, 11) is 0. The molecule has 2 amide bonds. The van der Waals surface area contributed by atoms with Crippen LogP contribution in [0, 0.1) is 0 Å². The first kappa shape index (κ1) is 27.9. The second-order valence-corrected chi connectivity index (χ2v) is 9.90. The summed E-state index contributed by atoms with van der Waals surface area (Å²) in [6.45, 7) is 1.80. The van der Waals surface area contributed by atoms with Crippen LogP contribution < -0.4 is 10.1 Å². The van der Waals surface area contributed by atoms with Crippen molar-refractivity contribution in [2.45, 2.75) is 31.5 Å². The highest BCUT2D eigenvalue weighted by Gasteiger charge is 2.33. The van der Waals surface area contributed by atoms with Crippen LogP contribution >= 0.6 is 0 Å². The molecule has 9 heteroatoms. The first-order chi connectivity index (χ1) is 20.0. The number of ether oxygens (including phenoxy) is 3. The fraction of sp³-hybridized carbons (Fsp3) is 0.281. The number of rotatable bonds is 10. The lowest BCUT2D eigenvalue weighted by molar-refractivity contribution is -0.0199. The highest BCUT2D eigenvalue weighted by molar-refractivity contribution is 5.83. The molecule has 4 aromatic rings. The van der Waals surface area contributed by atoms with Gasteiger partial charge in [-0.25, -0.2) is 14.6 Å². The van der Waals surface area contributed by atoms with Crippen molar-refractivity contribution in [1.29, 1.82) is 0 Å². The summed E-state index contributed by atoms with van der Waals surface area (Å²) in [5, 5.41) is 14.5. The minimum Gasteiger partial charge on any atom is -0.493 e. The van der Waals surface area contributed by atoms with Gasteiger partial charge in [-0.15, -0.1) is 0 Å². The zero-order valence-electron chi connectivity index (χ0n) is 22.6. The third-order valence-electron chi connectivity index (χ3n) is 7.10. The van der Waals surface area contributed by atoms with Gasteiger partial charge >= 0.3 is 12.2 Å². The maximum Gasteiger partial charge on any atom is 0.412 e. The topological polar surface area (TPSA) is 110 Å². The molecule has 9 nitrogen and oxygen atoms in total. The standard InChI is InChI=1S/C32H33N3O6/c36-31(34-30-8-3-4-16-33-30)40-19-5-18-39-27-13-11-25(12-14-27)28-15-17-35(32(37)38)21-29(28)41-22-23-9-10-24-6-1-2-7-26(24)20-23/h1-4,6-14,16,20,28-29H,5,15,17-19,21-22H2,(H,37,38)(H,33,34,36). The van der Waals surface area contributed by atoms with E-state index >= 15 is 0 Å². The van der Waals surface area contributed by atoms with E-state index in [4.69, 9.17) is 14.2 Å². The van der Waals surface area contributed by atoms with Gasteiger partial charge in [-0.05, 0) is 58.7 Å². The predicted molar refractivity (Wildman–Crippen MR) is 155 cm³/mol. The molecule has 41 heavy (non-hydrogen) atoms. The Labute approximate surface area is 238 Å². The molecule has 2 atom stereocenters. The second kappa shape index (κ2) is 13.6. The summed E-state index contributed by atoms with van der Waals surface area (Å²) >= 11 is 0. The largest absolute Gasteiger partial charge is 0.493 e. The smallest absolute Gasteiger partial charge is 0.412 e. The molecule has 0 bridgehead atoms. The Bertz CT molecular complexity index is 1450. The number of carbonyl (C=O) groups is 2. The molecule has 2 heterocycles. The Hall–Kier alpha value is -4.63. The average molecular weight is 556 g/mol. The Morgan fingerprint density at radius 3 is 2.54 bits per heavy atom. The number of pyridine rings is 1. The molecule has 1 aromatic heterocycles. The number of fused-ring (bicyclic) bond motifs is 1. The van der Waals surface area contributed by atoms with Crippen molar-refractivity contribution in [3.8, 4) is 5.75 Å². The number of hydrogen-bond donors (Lipinski definition) is 2. The minimum absolute atomic E-state index is 0.0612. The highest BCUT2D eigenvalue weighted by atomic mass is 16.5. The molecule has 5 rings (SSSR count). The second-order valence-electron chi connectivity index (χ2n) is 9.90. The normalized spacial score (nSPS) is 16.7. The van der Waals surface area contributed by atoms with E-state index in [1.54, 1.807) is 24.4 Å². The van der Waals surface area contributed by atoms with Crippen LogP contribution in [0.25, 0.3) is 10.8 Å². The van der Waals surface area contributed by atoms with Crippen molar-refractivity contribution in [2.24, 2.45) is 0 Å². The van der Waals surface area contributed by atoms with E-state index in [0.717, 1.165) is 16.5 Å². The summed E-state index contributed by atoms with van der Waals surface area (Å²) in [5.74, 6) is 1.21. The Kier molecular flexibility index (Phi) is 9.28. The average Bonchev–Trinajstić information content (AvgIpc) is 3.00. The van der Waals surface area contributed by atoms with Crippen LogP contribution in [0.5, 0.6) is 5.75 Å². The molecule has 1 aliphatic heterocycles. The number of nitrogens with one attached hydrogen (secondary N) is 1. The first-order valence-corrected chi connectivity index (χ1v) is 13.7. The van der Waals surface area contributed by atoms with Gasteiger partial charge in [-0.1, -0.05) is 54.6 Å². The lowest BCUT2D eigenvalue weighted by Gasteiger charge is -2.37. The lowest BCUT2D eigenvalue weighted by atomic mass is 9.87. The van der Waals surface area contributed by atoms with Crippen LogP contribution in [0.15, 0.2) is 91.1 Å². The predicted octanol–water partition coefficient (Wildman–Crippen LogP) is 6.31. The van der Waals surface area contributed by atoms with Crippen molar-refractivity contribution in [1.82, 2.24) is 9.88 Å². The van der Waals surface area contributed by atoms with Crippen LogP contribution in [0.1, 0.15) is 29.9 Å². The highest BCUT2D eigenvalue weighted by Crippen LogP contribution is 2.32. The number of carboxylic acid groups (broad SMARTS) is 1. The zero-order chi connectivity index (χ0) is 28.4. The van der Waals surface area contributed by atoms with Gasteiger partial charge in [0, 0.05) is 25.1 Å². The van der Waals surface area contributed by atoms with Crippen LogP contribution in [0.2, 0.25) is 0 Å². The summed E-state index contributed by atoms with van der Waals surface area (Å²) in [4.78, 5) is 29.0. The minimum atomic E-state index is -0.926. The van der Waals surface area contributed by atoms with Gasteiger partial charge in [0.2, 0.25) is 0 Å². The number of benzene rings is 3. The lowest BCUT2D eigenvalue weighted by Crippen LogP contribution is -2.46. The van der Waals surface area contributed by atoms with E-state index in [9.17, 15) is 14.7 Å². The molecule has 212 valence electrons. The van der Waals surface area contributed by atoms with Gasteiger partial charge in [-0.2, -0.15) is 0 Å². The van der Waals surface area contributed by atoms with Gasteiger partial charge in [-0.3, -0.25) is 5.32 Å². The number of piperidine rings is 1. The van der Waals surface area contributed by atoms with E-state index < -0.39 is 12.2 Å². The van der Waals surface area contributed by atoms with Crippen molar-refractivity contribution in [2.75, 3.05) is 31.6 Å². The molecule has 0 spiro atoms. The summed E-state index contributed by atoms with van der Waals surface area (Å²) in [5.41, 5.74) is 2.14. The molecule has 0 aliphatic carbocycles. The fourth-order valence-electron chi connectivity index (χ4n) is 4.97. The number of amides is 2. The van der Waals surface area contributed by atoms with E-state index in [-0.39, 0.29) is 18.6 Å². The van der Waals surface area contributed by atoms with Gasteiger partial charge in [0.05, 0.1) is 32.5 Å². The maximum atomic E-state index is 11.8. The van der Waals surface area contributed by atoms with E-state index in [2.05, 4.69) is 40.6 Å². The van der Waals surface area contributed by atoms with Crippen molar-refractivity contribution < 1.29 is 28.9 Å². The summed E-state index contributed by atoms with van der Waals surface area (Å²) in [6.07, 6.45) is 1.05. The number of anilines is 1. The first-order valence-electron chi connectivity index (χ1n) is 13.7. The van der Waals surface area contributed by atoms with Crippen molar-refractivity contribution >= 4 is 28.8 Å². The Morgan fingerprint density at radius 1 is 0.951 bits per heavy atom. The van der Waals surface area contributed by atoms with E-state index in [1.165, 1.54) is 10.3 Å². The number of hydrogen-bond acceptors (Lipinski definition) is 6. The third kappa shape index (κ3) is 7.73. The molecule has 2 N–H and O–H groups in total. The molecule has 3 aromatic carbocycles. The SMILES string of the molecule is O=C(Nc1ccccn1)OCCCOc1ccc(C2CCN(C(=O)O)CC2OCc2ccc3ccccc3c2)cc1. The molecular formula is C32H33N3O6. The molecule has 0 radical (unpaired) electrons. The third-order valence-corrected chi connectivity index (χ3v) is 7.10. The van der Waals surface area contributed by atoms with Crippen LogP contribution in [-0.4, -0.2) is 59.6 Å². The quantitative estimate of drug-likeness (QED) is 0.221. The molecule has 0 saturated carbocycles. The zero-order valence-corrected chi connectivity index (χ0v) is 22.6. The van der Waals surface area contributed by atoms with Crippen molar-refractivity contribution in [3.05, 3.63) is 102 Å². The van der Waals surface area contributed by atoms with Gasteiger partial charge in [0.15, 0.2) is 0 Å². The van der Waals surface area contributed by atoms with Crippen LogP contribution in [0.3, 0.4) is 0 Å². The van der Waals surface area contributed by atoms with Gasteiger partial charge < -0.3 is 24.2 Å². The molecule has 1 fully saturated rings. The van der Waals surface area contributed by atoms with E-state index in [0.29, 0.717) is 50.7 Å². The summed E-state index contributed by atoms with van der Waals surface area (Å²) in [6, 6.07) is 27.5. The maximum absolute atomic E-state index is 11.8. The monoisotopic (exact) mass is 555 g/mol. The van der Waals surface area contributed by atoms with E-state index in [1.807, 2.05) is 36.4 Å².